The second-order valence-electron chi connectivity index (χ2n) is 7.91. The first-order valence-corrected chi connectivity index (χ1v) is 10.0. The lowest BCUT2D eigenvalue weighted by molar-refractivity contribution is -0.147. The number of benzene rings is 1. The van der Waals surface area contributed by atoms with Crippen LogP contribution in [0.15, 0.2) is 24.3 Å². The normalized spacial score (nSPS) is 23.9. The van der Waals surface area contributed by atoms with E-state index in [4.69, 9.17) is 0 Å². The Kier molecular flexibility index (Phi) is 6.80. The average molecular weight is 387 g/mol. The standard InChI is InChI=1S/C21H29N3O4/c1-23-9-11-24(12-10-23)14-19(25)15-5-4-6-16(13-15)22-20(26)17-7-2-3-8-18(17)21(27)28/h4-6,13,17-18H,2-3,7-12,14H2,1H3,(H,22,26)(H,27,28). The summed E-state index contributed by atoms with van der Waals surface area (Å²) in [7, 11) is 2.08. The van der Waals surface area contributed by atoms with Gasteiger partial charge in [0.2, 0.25) is 5.91 Å². The van der Waals surface area contributed by atoms with Crippen molar-refractivity contribution in [2.24, 2.45) is 11.8 Å². The summed E-state index contributed by atoms with van der Waals surface area (Å²) in [4.78, 5) is 41.1. The molecule has 2 N–H and O–H groups in total. The van der Waals surface area contributed by atoms with E-state index in [1.54, 1.807) is 24.3 Å². The molecule has 0 radical (unpaired) electrons. The Labute approximate surface area is 165 Å². The van der Waals surface area contributed by atoms with E-state index in [0.717, 1.165) is 39.0 Å². The molecule has 1 saturated carbocycles. The first-order chi connectivity index (χ1) is 13.4. The molecular weight excluding hydrogens is 358 g/mol. The first-order valence-electron chi connectivity index (χ1n) is 10.0. The third kappa shape index (κ3) is 5.17. The van der Waals surface area contributed by atoms with Gasteiger partial charge in [-0.25, -0.2) is 0 Å². The molecule has 1 amide bonds. The van der Waals surface area contributed by atoms with Crippen LogP contribution < -0.4 is 5.32 Å². The van der Waals surface area contributed by atoms with Crippen molar-refractivity contribution >= 4 is 23.3 Å². The molecule has 28 heavy (non-hydrogen) atoms. The van der Waals surface area contributed by atoms with Gasteiger partial charge in [0.25, 0.3) is 0 Å². The number of carbonyl (C=O) groups excluding carboxylic acids is 2. The number of nitrogens with zero attached hydrogens (tertiary/aromatic N) is 2. The maximum absolute atomic E-state index is 12.6. The first kappa shape index (κ1) is 20.5. The summed E-state index contributed by atoms with van der Waals surface area (Å²) < 4.78 is 0. The molecular formula is C21H29N3O4. The maximum Gasteiger partial charge on any atom is 0.307 e. The molecule has 2 fully saturated rings. The van der Waals surface area contributed by atoms with Gasteiger partial charge in [-0.05, 0) is 32.0 Å². The molecule has 2 aliphatic rings. The van der Waals surface area contributed by atoms with Crippen molar-refractivity contribution in [3.63, 3.8) is 0 Å². The van der Waals surface area contributed by atoms with E-state index in [9.17, 15) is 19.5 Å². The number of carboxylic acid groups (broad SMARTS) is 1. The summed E-state index contributed by atoms with van der Waals surface area (Å²) in [6.45, 7) is 4.02. The Morgan fingerprint density at radius 3 is 2.43 bits per heavy atom. The summed E-state index contributed by atoms with van der Waals surface area (Å²) in [5.74, 6) is -2.29. The Morgan fingerprint density at radius 2 is 1.75 bits per heavy atom. The number of likely N-dealkylation sites (N-methyl/N-ethyl adjacent to an activating group) is 1. The Morgan fingerprint density at radius 1 is 1.07 bits per heavy atom. The van der Waals surface area contributed by atoms with Crippen molar-refractivity contribution in [3.8, 4) is 0 Å². The number of aliphatic carboxylic acids is 1. The number of piperazine rings is 1. The zero-order valence-corrected chi connectivity index (χ0v) is 16.4. The number of carbonyl (C=O) groups is 3. The topological polar surface area (TPSA) is 90.0 Å². The number of Topliss-reactive ketones (excluding diaryl/α,β-unsaturated/α-hetero) is 1. The molecule has 0 spiro atoms. The molecule has 2 unspecified atom stereocenters. The number of carboxylic acids is 1. The molecule has 2 atom stereocenters. The minimum atomic E-state index is -0.907. The van der Waals surface area contributed by atoms with Crippen LogP contribution in [-0.2, 0) is 9.59 Å². The second kappa shape index (κ2) is 9.30. The van der Waals surface area contributed by atoms with E-state index in [1.807, 2.05) is 0 Å². The zero-order chi connectivity index (χ0) is 20.1. The molecule has 3 rings (SSSR count). The average Bonchev–Trinajstić information content (AvgIpc) is 2.70. The molecule has 7 nitrogen and oxygen atoms in total. The highest BCUT2D eigenvalue weighted by Gasteiger charge is 2.35. The number of ketones is 1. The molecule has 1 aliphatic heterocycles. The van der Waals surface area contributed by atoms with Crippen molar-refractivity contribution in [1.29, 1.82) is 0 Å². The lowest BCUT2D eigenvalue weighted by atomic mass is 9.78. The molecule has 0 bridgehead atoms. The number of rotatable bonds is 6. The van der Waals surface area contributed by atoms with Gasteiger partial charge in [-0.3, -0.25) is 19.3 Å². The van der Waals surface area contributed by atoms with Crippen LogP contribution in [0.2, 0.25) is 0 Å². The van der Waals surface area contributed by atoms with Crippen molar-refractivity contribution in [2.75, 3.05) is 45.1 Å². The zero-order valence-electron chi connectivity index (χ0n) is 16.4. The lowest BCUT2D eigenvalue weighted by Crippen LogP contribution is -2.46. The lowest BCUT2D eigenvalue weighted by Gasteiger charge is -2.31. The van der Waals surface area contributed by atoms with Gasteiger partial charge in [-0.1, -0.05) is 25.0 Å². The van der Waals surface area contributed by atoms with Crippen molar-refractivity contribution < 1.29 is 19.5 Å². The summed E-state index contributed by atoms with van der Waals surface area (Å²) in [5, 5.41) is 12.2. The van der Waals surface area contributed by atoms with Gasteiger partial charge in [0.1, 0.15) is 0 Å². The maximum atomic E-state index is 12.6. The quantitative estimate of drug-likeness (QED) is 0.725. The van der Waals surface area contributed by atoms with Crippen LogP contribution in [0.3, 0.4) is 0 Å². The van der Waals surface area contributed by atoms with E-state index in [-0.39, 0.29) is 11.7 Å². The fraction of sp³-hybridized carbons (Fsp3) is 0.571. The van der Waals surface area contributed by atoms with Crippen LogP contribution in [0.1, 0.15) is 36.0 Å². The van der Waals surface area contributed by atoms with Crippen molar-refractivity contribution in [1.82, 2.24) is 9.80 Å². The largest absolute Gasteiger partial charge is 0.481 e. The van der Waals surface area contributed by atoms with Crippen LogP contribution in [0.4, 0.5) is 5.69 Å². The number of amides is 1. The molecule has 1 aromatic rings. The van der Waals surface area contributed by atoms with Crippen LogP contribution in [0, 0.1) is 11.8 Å². The smallest absolute Gasteiger partial charge is 0.307 e. The van der Waals surface area contributed by atoms with Crippen LogP contribution in [-0.4, -0.2) is 72.3 Å². The van der Waals surface area contributed by atoms with Gasteiger partial charge < -0.3 is 15.3 Å². The van der Waals surface area contributed by atoms with Gasteiger partial charge in [0.05, 0.1) is 18.4 Å². The van der Waals surface area contributed by atoms with E-state index in [2.05, 4.69) is 22.2 Å². The molecule has 152 valence electrons. The molecule has 1 heterocycles. The van der Waals surface area contributed by atoms with E-state index in [1.165, 1.54) is 0 Å². The van der Waals surface area contributed by atoms with Gasteiger partial charge in [-0.2, -0.15) is 0 Å². The fourth-order valence-corrected chi connectivity index (χ4v) is 4.05. The van der Waals surface area contributed by atoms with Crippen LogP contribution >= 0.6 is 0 Å². The van der Waals surface area contributed by atoms with Gasteiger partial charge in [0, 0.05) is 37.4 Å². The van der Waals surface area contributed by atoms with Crippen LogP contribution in [0.5, 0.6) is 0 Å². The van der Waals surface area contributed by atoms with Gasteiger partial charge in [0.15, 0.2) is 5.78 Å². The third-order valence-electron chi connectivity index (χ3n) is 5.84. The Balaban J connectivity index is 1.61. The molecule has 0 aromatic heterocycles. The van der Waals surface area contributed by atoms with Crippen LogP contribution in [0.25, 0.3) is 0 Å². The van der Waals surface area contributed by atoms with Gasteiger partial charge in [-0.15, -0.1) is 0 Å². The van der Waals surface area contributed by atoms with Gasteiger partial charge >= 0.3 is 5.97 Å². The summed E-state index contributed by atoms with van der Waals surface area (Å²) in [6.07, 6.45) is 2.84. The molecule has 1 aliphatic carbocycles. The van der Waals surface area contributed by atoms with E-state index >= 15 is 0 Å². The summed E-state index contributed by atoms with van der Waals surface area (Å²) >= 11 is 0. The van der Waals surface area contributed by atoms with Crippen molar-refractivity contribution in [3.05, 3.63) is 29.8 Å². The molecule has 1 saturated heterocycles. The monoisotopic (exact) mass is 387 g/mol. The third-order valence-corrected chi connectivity index (χ3v) is 5.84. The molecule has 7 heteroatoms. The Hall–Kier alpha value is -2.25. The predicted molar refractivity (Wildman–Crippen MR) is 106 cm³/mol. The fourth-order valence-electron chi connectivity index (χ4n) is 4.05. The predicted octanol–water partition coefficient (Wildman–Crippen LogP) is 1.95. The number of nitrogens with one attached hydrogen (secondary N) is 1. The highest BCUT2D eigenvalue weighted by atomic mass is 16.4. The highest BCUT2D eigenvalue weighted by molar-refractivity contribution is 6.00. The minimum absolute atomic E-state index is 0.0294. The minimum Gasteiger partial charge on any atom is -0.481 e. The molecule has 1 aromatic carbocycles. The van der Waals surface area contributed by atoms with E-state index < -0.39 is 17.8 Å². The second-order valence-corrected chi connectivity index (χ2v) is 7.91. The number of anilines is 1. The number of hydrogen-bond acceptors (Lipinski definition) is 5. The highest BCUT2D eigenvalue weighted by Crippen LogP contribution is 2.31. The van der Waals surface area contributed by atoms with Crippen molar-refractivity contribution in [2.45, 2.75) is 25.7 Å². The SMILES string of the molecule is CN1CCN(CC(=O)c2cccc(NC(=O)C3CCCCC3C(=O)O)c2)CC1. The number of hydrogen-bond donors (Lipinski definition) is 2. The summed E-state index contributed by atoms with van der Waals surface area (Å²) in [6, 6.07) is 6.94. The Bertz CT molecular complexity index is 728. The summed E-state index contributed by atoms with van der Waals surface area (Å²) in [5.41, 5.74) is 1.11. The van der Waals surface area contributed by atoms with E-state index in [0.29, 0.717) is 30.6 Å².